The summed E-state index contributed by atoms with van der Waals surface area (Å²) in [6.45, 7) is 8.03. The van der Waals surface area contributed by atoms with Crippen molar-refractivity contribution in [2.45, 2.75) is 38.4 Å². The Morgan fingerprint density at radius 3 is 2.65 bits per heavy atom. The standard InChI is InChI=1S/C14H17BrO2/c1-8-5-6-11-10(7-8)12(9(2)15)14(3,4)13(16)17-11/h5-7,9,12H,1-4H3/t9-,12?/m1/s1. The molecule has 2 nitrogen and oxygen atoms in total. The fourth-order valence-electron chi connectivity index (χ4n) is 2.57. The van der Waals surface area contributed by atoms with Gasteiger partial charge in [0.25, 0.3) is 0 Å². The smallest absolute Gasteiger partial charge is 0.317 e. The molecule has 92 valence electrons. The number of ether oxygens (including phenoxy) is 1. The van der Waals surface area contributed by atoms with E-state index < -0.39 is 5.41 Å². The Morgan fingerprint density at radius 1 is 1.41 bits per heavy atom. The van der Waals surface area contributed by atoms with Crippen LogP contribution in [-0.2, 0) is 4.79 Å². The first-order valence-electron chi connectivity index (χ1n) is 5.81. The number of hydrogen-bond donors (Lipinski definition) is 0. The molecule has 1 aliphatic rings. The van der Waals surface area contributed by atoms with Crippen molar-refractivity contribution in [3.8, 4) is 5.75 Å². The summed E-state index contributed by atoms with van der Waals surface area (Å²) in [5.74, 6) is 0.694. The van der Waals surface area contributed by atoms with Crippen LogP contribution in [0.2, 0.25) is 0 Å². The average molecular weight is 297 g/mol. The third kappa shape index (κ3) is 2.01. The van der Waals surface area contributed by atoms with Crippen LogP contribution in [0.15, 0.2) is 18.2 Å². The van der Waals surface area contributed by atoms with Crippen LogP contribution in [0.3, 0.4) is 0 Å². The number of fused-ring (bicyclic) bond motifs is 1. The number of hydrogen-bond acceptors (Lipinski definition) is 2. The summed E-state index contributed by atoms with van der Waals surface area (Å²) < 4.78 is 5.42. The van der Waals surface area contributed by atoms with Crippen LogP contribution in [0.5, 0.6) is 5.75 Å². The quantitative estimate of drug-likeness (QED) is 0.447. The van der Waals surface area contributed by atoms with Crippen LogP contribution in [0.25, 0.3) is 0 Å². The van der Waals surface area contributed by atoms with E-state index in [1.165, 1.54) is 5.56 Å². The number of alkyl halides is 1. The molecule has 0 aliphatic carbocycles. The summed E-state index contributed by atoms with van der Waals surface area (Å²) in [7, 11) is 0. The van der Waals surface area contributed by atoms with Crippen molar-refractivity contribution in [3.05, 3.63) is 29.3 Å². The average Bonchev–Trinajstić information content (AvgIpc) is 2.19. The minimum atomic E-state index is -0.496. The minimum Gasteiger partial charge on any atom is -0.426 e. The van der Waals surface area contributed by atoms with E-state index in [0.717, 1.165) is 5.56 Å². The van der Waals surface area contributed by atoms with E-state index in [-0.39, 0.29) is 16.7 Å². The van der Waals surface area contributed by atoms with E-state index in [4.69, 9.17) is 4.74 Å². The molecule has 0 amide bonds. The van der Waals surface area contributed by atoms with Crippen LogP contribution < -0.4 is 4.74 Å². The summed E-state index contributed by atoms with van der Waals surface area (Å²) in [6.07, 6.45) is 0. The predicted molar refractivity (Wildman–Crippen MR) is 71.7 cm³/mol. The first-order chi connectivity index (χ1) is 7.84. The molecule has 3 heteroatoms. The van der Waals surface area contributed by atoms with Gasteiger partial charge in [-0.25, -0.2) is 0 Å². The zero-order valence-corrected chi connectivity index (χ0v) is 12.2. The number of carbonyl (C=O) groups is 1. The number of esters is 1. The lowest BCUT2D eigenvalue weighted by molar-refractivity contribution is -0.147. The van der Waals surface area contributed by atoms with Crippen molar-refractivity contribution < 1.29 is 9.53 Å². The van der Waals surface area contributed by atoms with E-state index in [1.54, 1.807) is 0 Å². The summed E-state index contributed by atoms with van der Waals surface area (Å²) in [6, 6.07) is 5.98. The first-order valence-corrected chi connectivity index (χ1v) is 6.72. The zero-order chi connectivity index (χ0) is 12.8. The van der Waals surface area contributed by atoms with Gasteiger partial charge in [-0.3, -0.25) is 4.79 Å². The van der Waals surface area contributed by atoms with Gasteiger partial charge in [-0.1, -0.05) is 40.5 Å². The lowest BCUT2D eigenvalue weighted by Gasteiger charge is -2.39. The molecule has 0 aromatic heterocycles. The molecule has 2 rings (SSSR count). The molecule has 0 bridgehead atoms. The van der Waals surface area contributed by atoms with E-state index >= 15 is 0 Å². The van der Waals surface area contributed by atoms with Crippen LogP contribution >= 0.6 is 15.9 Å². The van der Waals surface area contributed by atoms with Gasteiger partial charge in [0, 0.05) is 16.3 Å². The van der Waals surface area contributed by atoms with Gasteiger partial charge in [0.15, 0.2) is 0 Å². The molecule has 1 unspecified atom stereocenters. The van der Waals surface area contributed by atoms with Gasteiger partial charge in [-0.05, 0) is 26.8 Å². The molecule has 1 aromatic rings. The Bertz CT molecular complexity index is 463. The second-order valence-corrected chi connectivity index (χ2v) is 6.75. The molecule has 0 saturated carbocycles. The Morgan fingerprint density at radius 2 is 2.06 bits per heavy atom. The van der Waals surface area contributed by atoms with Gasteiger partial charge in [0.2, 0.25) is 0 Å². The number of rotatable bonds is 1. The maximum absolute atomic E-state index is 12.0. The van der Waals surface area contributed by atoms with Crippen LogP contribution in [-0.4, -0.2) is 10.8 Å². The molecule has 2 atom stereocenters. The maximum Gasteiger partial charge on any atom is 0.317 e. The summed E-state index contributed by atoms with van der Waals surface area (Å²) in [5.41, 5.74) is 1.82. The number of carbonyl (C=O) groups excluding carboxylic acids is 1. The minimum absolute atomic E-state index is 0.138. The molecule has 0 radical (unpaired) electrons. The summed E-state index contributed by atoms with van der Waals surface area (Å²) in [4.78, 5) is 12.3. The second kappa shape index (κ2) is 4.13. The second-order valence-electron chi connectivity index (χ2n) is 5.31. The van der Waals surface area contributed by atoms with Gasteiger partial charge in [0.05, 0.1) is 5.41 Å². The van der Waals surface area contributed by atoms with E-state index in [2.05, 4.69) is 35.8 Å². The Balaban J connectivity index is 2.61. The Hall–Kier alpha value is -0.830. The fraction of sp³-hybridized carbons (Fsp3) is 0.500. The Kier molecular flexibility index (Phi) is 3.06. The molecule has 1 heterocycles. The topological polar surface area (TPSA) is 26.3 Å². The zero-order valence-electron chi connectivity index (χ0n) is 10.6. The molecule has 0 fully saturated rings. The highest BCUT2D eigenvalue weighted by atomic mass is 79.9. The van der Waals surface area contributed by atoms with E-state index in [9.17, 15) is 4.79 Å². The lowest BCUT2D eigenvalue weighted by Crippen LogP contribution is -2.42. The monoisotopic (exact) mass is 296 g/mol. The van der Waals surface area contributed by atoms with Gasteiger partial charge in [-0.2, -0.15) is 0 Å². The first kappa shape index (κ1) is 12.6. The van der Waals surface area contributed by atoms with Gasteiger partial charge in [-0.15, -0.1) is 0 Å². The van der Waals surface area contributed by atoms with E-state index in [1.807, 2.05) is 26.0 Å². The van der Waals surface area contributed by atoms with Crippen LogP contribution in [0, 0.1) is 12.3 Å². The fourth-order valence-corrected chi connectivity index (χ4v) is 3.52. The van der Waals surface area contributed by atoms with Crippen molar-refractivity contribution in [2.24, 2.45) is 5.41 Å². The summed E-state index contributed by atoms with van der Waals surface area (Å²) >= 11 is 3.63. The number of halogens is 1. The van der Waals surface area contributed by atoms with Crippen molar-refractivity contribution >= 4 is 21.9 Å². The van der Waals surface area contributed by atoms with Crippen LogP contribution in [0.1, 0.15) is 37.8 Å². The Labute approximate surface area is 110 Å². The van der Waals surface area contributed by atoms with Gasteiger partial charge < -0.3 is 4.74 Å². The molecule has 17 heavy (non-hydrogen) atoms. The molecule has 0 saturated heterocycles. The molecular weight excluding hydrogens is 280 g/mol. The third-order valence-corrected chi connectivity index (χ3v) is 3.99. The predicted octanol–water partition coefficient (Wildman–Crippen LogP) is 3.81. The SMILES string of the molecule is Cc1ccc2c(c1)C([C@@H](C)Br)C(C)(C)C(=O)O2. The van der Waals surface area contributed by atoms with Crippen molar-refractivity contribution in [2.75, 3.05) is 0 Å². The molecule has 1 aromatic carbocycles. The maximum atomic E-state index is 12.0. The largest absolute Gasteiger partial charge is 0.426 e. The molecule has 1 aliphatic heterocycles. The van der Waals surface area contributed by atoms with Gasteiger partial charge in [0.1, 0.15) is 5.75 Å². The number of aryl methyl sites for hydroxylation is 1. The number of benzene rings is 1. The van der Waals surface area contributed by atoms with Gasteiger partial charge >= 0.3 is 5.97 Å². The van der Waals surface area contributed by atoms with E-state index in [0.29, 0.717) is 5.75 Å². The van der Waals surface area contributed by atoms with Crippen LogP contribution in [0.4, 0.5) is 0 Å². The highest BCUT2D eigenvalue weighted by Gasteiger charge is 2.46. The lowest BCUT2D eigenvalue weighted by atomic mass is 9.71. The van der Waals surface area contributed by atoms with Crippen molar-refractivity contribution in [1.29, 1.82) is 0 Å². The molecular formula is C14H17BrO2. The van der Waals surface area contributed by atoms with Crippen molar-refractivity contribution in [3.63, 3.8) is 0 Å². The highest BCUT2D eigenvalue weighted by Crippen LogP contribution is 2.48. The third-order valence-electron chi connectivity index (χ3n) is 3.47. The summed E-state index contributed by atoms with van der Waals surface area (Å²) in [5, 5.41) is 0. The molecule has 0 N–H and O–H groups in total. The highest BCUT2D eigenvalue weighted by molar-refractivity contribution is 9.09. The molecule has 0 spiro atoms. The normalized spacial score (nSPS) is 23.8. The van der Waals surface area contributed by atoms with Crippen molar-refractivity contribution in [1.82, 2.24) is 0 Å².